The number of amides is 2. The van der Waals surface area contributed by atoms with E-state index in [0.717, 1.165) is 27.2 Å². The molecule has 3 aromatic rings. The zero-order chi connectivity index (χ0) is 24.0. The fourth-order valence-corrected chi connectivity index (χ4v) is 5.18. The Labute approximate surface area is 204 Å². The highest BCUT2D eigenvalue weighted by atomic mass is 35.5. The Balaban J connectivity index is 1.24. The number of halogens is 2. The third kappa shape index (κ3) is 4.33. The molecule has 7 nitrogen and oxygen atoms in total. The third-order valence-electron chi connectivity index (χ3n) is 5.74. The number of carbonyl (C=O) groups is 2. The molecule has 2 aliphatic rings. The largest absolute Gasteiger partial charge is 0.492 e. The second kappa shape index (κ2) is 8.88. The molecule has 0 bridgehead atoms. The van der Waals surface area contributed by atoms with Crippen LogP contribution >= 0.6 is 22.9 Å². The summed E-state index contributed by atoms with van der Waals surface area (Å²) >= 11 is 7.81. The molecule has 10 heteroatoms. The van der Waals surface area contributed by atoms with E-state index >= 15 is 0 Å². The normalized spacial score (nSPS) is 15.3. The molecule has 2 amide bonds. The third-order valence-corrected chi connectivity index (χ3v) is 7.08. The summed E-state index contributed by atoms with van der Waals surface area (Å²) in [5.41, 5.74) is 2.01. The lowest BCUT2D eigenvalue weighted by Crippen LogP contribution is -2.52. The number of hydrogen-bond acceptors (Lipinski definition) is 6. The highest BCUT2D eigenvalue weighted by molar-refractivity contribution is 7.15. The molecule has 1 N–H and O–H groups in total. The van der Waals surface area contributed by atoms with Crippen molar-refractivity contribution < 1.29 is 23.5 Å². The number of hydrogen-bond donors (Lipinski definition) is 1. The fourth-order valence-electron chi connectivity index (χ4n) is 4.07. The minimum Gasteiger partial charge on any atom is -0.492 e. The van der Waals surface area contributed by atoms with Gasteiger partial charge in [0.1, 0.15) is 17.3 Å². The van der Waals surface area contributed by atoms with Crippen LogP contribution in [0.5, 0.6) is 11.5 Å². The minimum absolute atomic E-state index is 0.0973. The number of nitrogens with zero attached hydrogens (tertiary/aromatic N) is 2. The predicted molar refractivity (Wildman–Crippen MR) is 127 cm³/mol. The lowest BCUT2D eigenvalue weighted by atomic mass is 9.99. The number of aryl methyl sites for hydroxylation is 2. The zero-order valence-corrected chi connectivity index (χ0v) is 20.1. The van der Waals surface area contributed by atoms with E-state index in [4.69, 9.17) is 21.1 Å². The van der Waals surface area contributed by atoms with Gasteiger partial charge in [0.15, 0.2) is 6.61 Å². The molecule has 1 fully saturated rings. The first-order valence-electron chi connectivity index (χ1n) is 10.7. The summed E-state index contributed by atoms with van der Waals surface area (Å²) in [6, 6.07) is 7.95. The molecule has 0 spiro atoms. The van der Waals surface area contributed by atoms with Crippen LogP contribution in [-0.2, 0) is 4.79 Å². The molecule has 1 aromatic heterocycles. The van der Waals surface area contributed by atoms with Crippen molar-refractivity contribution in [3.8, 4) is 21.9 Å². The summed E-state index contributed by atoms with van der Waals surface area (Å²) in [5, 5.41) is 4.18. The van der Waals surface area contributed by atoms with Crippen LogP contribution in [0.25, 0.3) is 10.4 Å². The van der Waals surface area contributed by atoms with Crippen molar-refractivity contribution in [3.05, 3.63) is 57.4 Å². The van der Waals surface area contributed by atoms with Crippen molar-refractivity contribution in [2.75, 3.05) is 31.6 Å². The summed E-state index contributed by atoms with van der Waals surface area (Å²) in [6.07, 6.45) is 0. The second-order valence-corrected chi connectivity index (χ2v) is 9.98. The van der Waals surface area contributed by atoms with E-state index in [1.165, 1.54) is 6.07 Å². The van der Waals surface area contributed by atoms with Crippen LogP contribution in [0.3, 0.4) is 0 Å². The number of benzene rings is 2. The summed E-state index contributed by atoms with van der Waals surface area (Å²) < 4.78 is 25.8. The Morgan fingerprint density at radius 3 is 2.85 bits per heavy atom. The van der Waals surface area contributed by atoms with Crippen molar-refractivity contribution in [2.24, 2.45) is 5.92 Å². The molecular weight excluding hydrogens is 481 g/mol. The number of ether oxygens (including phenoxy) is 2. The molecule has 2 aromatic carbocycles. The van der Waals surface area contributed by atoms with Gasteiger partial charge < -0.3 is 19.7 Å². The van der Waals surface area contributed by atoms with Gasteiger partial charge in [0.05, 0.1) is 33.4 Å². The van der Waals surface area contributed by atoms with Crippen LogP contribution in [-0.4, -0.2) is 48.0 Å². The second-order valence-electron chi connectivity index (χ2n) is 8.34. The molecule has 0 saturated carbocycles. The quantitative estimate of drug-likeness (QED) is 0.548. The number of anilines is 1. The van der Waals surface area contributed by atoms with Crippen LogP contribution in [0, 0.1) is 25.6 Å². The first-order chi connectivity index (χ1) is 16.3. The predicted octanol–water partition coefficient (Wildman–Crippen LogP) is 4.70. The van der Waals surface area contributed by atoms with E-state index < -0.39 is 11.7 Å². The van der Waals surface area contributed by atoms with Gasteiger partial charge in [0.2, 0.25) is 0 Å². The monoisotopic (exact) mass is 501 g/mol. The number of rotatable bonds is 5. The van der Waals surface area contributed by atoms with Gasteiger partial charge in [0, 0.05) is 35.7 Å². The Morgan fingerprint density at radius 2 is 2.12 bits per heavy atom. The molecule has 0 unspecified atom stereocenters. The van der Waals surface area contributed by atoms with Crippen LogP contribution < -0.4 is 14.8 Å². The fraction of sp³-hybridized carbons (Fsp3) is 0.292. The number of likely N-dealkylation sites (tertiary alicyclic amines) is 1. The van der Waals surface area contributed by atoms with Gasteiger partial charge in [-0.2, -0.15) is 0 Å². The van der Waals surface area contributed by atoms with E-state index in [9.17, 15) is 14.0 Å². The molecule has 176 valence electrons. The average Bonchev–Trinajstić information content (AvgIpc) is 3.10. The molecule has 0 aliphatic carbocycles. The first-order valence-corrected chi connectivity index (χ1v) is 11.9. The van der Waals surface area contributed by atoms with E-state index in [1.54, 1.807) is 22.3 Å². The molecule has 0 atom stereocenters. The van der Waals surface area contributed by atoms with Crippen molar-refractivity contribution in [2.45, 2.75) is 13.8 Å². The van der Waals surface area contributed by atoms with Gasteiger partial charge in [-0.25, -0.2) is 9.37 Å². The van der Waals surface area contributed by atoms with E-state index in [1.807, 2.05) is 26.0 Å². The van der Waals surface area contributed by atoms with Gasteiger partial charge in [-0.15, -0.1) is 11.3 Å². The number of nitrogens with one attached hydrogen (secondary N) is 1. The molecule has 5 rings (SSSR count). The van der Waals surface area contributed by atoms with Crippen LogP contribution in [0.15, 0.2) is 30.3 Å². The molecule has 34 heavy (non-hydrogen) atoms. The minimum atomic E-state index is -0.680. The van der Waals surface area contributed by atoms with E-state index in [2.05, 4.69) is 10.3 Å². The first kappa shape index (κ1) is 22.6. The highest BCUT2D eigenvalue weighted by Crippen LogP contribution is 2.38. The summed E-state index contributed by atoms with van der Waals surface area (Å²) in [5.74, 6) is -0.421. The molecule has 1 saturated heterocycles. The SMILES string of the molecule is Cc1nc(C)c(-c2cc(Cl)ccc2OCC2CN(C(=O)c3cc4c(cc3F)OCC(=O)N4)C2)s1. The van der Waals surface area contributed by atoms with Crippen molar-refractivity contribution >= 4 is 40.4 Å². The Hall–Kier alpha value is -3.17. The maximum atomic E-state index is 14.5. The Kier molecular flexibility index (Phi) is 5.91. The average molecular weight is 502 g/mol. The maximum absolute atomic E-state index is 14.5. The lowest BCUT2D eigenvalue weighted by Gasteiger charge is -2.39. The van der Waals surface area contributed by atoms with E-state index in [-0.39, 0.29) is 29.7 Å². The smallest absolute Gasteiger partial charge is 0.262 e. The number of aromatic nitrogens is 1. The summed E-state index contributed by atoms with van der Waals surface area (Å²) in [4.78, 5) is 31.4. The zero-order valence-electron chi connectivity index (χ0n) is 18.5. The van der Waals surface area contributed by atoms with Crippen LogP contribution in [0.1, 0.15) is 21.1 Å². The van der Waals surface area contributed by atoms with Gasteiger partial charge in [0.25, 0.3) is 11.8 Å². The van der Waals surface area contributed by atoms with Crippen molar-refractivity contribution in [1.29, 1.82) is 0 Å². The van der Waals surface area contributed by atoms with Crippen LogP contribution in [0.4, 0.5) is 10.1 Å². The van der Waals surface area contributed by atoms with Gasteiger partial charge in [-0.05, 0) is 38.1 Å². The van der Waals surface area contributed by atoms with Crippen molar-refractivity contribution in [1.82, 2.24) is 9.88 Å². The standard InChI is InChI=1S/C24H21ClFN3O4S/c1-12-23(34-13(2)27-12)17-5-15(25)3-4-20(17)32-10-14-8-29(9-14)24(31)16-6-19-21(7-18(16)26)33-11-22(30)28-19/h3-7,14H,8-11H2,1-2H3,(H,28,30). The summed E-state index contributed by atoms with van der Waals surface area (Å²) in [7, 11) is 0. The highest BCUT2D eigenvalue weighted by Gasteiger charge is 2.34. The van der Waals surface area contributed by atoms with Gasteiger partial charge >= 0.3 is 0 Å². The molecule has 0 radical (unpaired) electrons. The van der Waals surface area contributed by atoms with Crippen LogP contribution in [0.2, 0.25) is 5.02 Å². The van der Waals surface area contributed by atoms with Gasteiger partial charge in [-0.3, -0.25) is 9.59 Å². The van der Waals surface area contributed by atoms with Crippen molar-refractivity contribution in [3.63, 3.8) is 0 Å². The number of fused-ring (bicyclic) bond motifs is 1. The Bertz CT molecular complexity index is 1310. The molecule has 3 heterocycles. The van der Waals surface area contributed by atoms with E-state index in [0.29, 0.717) is 36.2 Å². The topological polar surface area (TPSA) is 80.8 Å². The Morgan fingerprint density at radius 1 is 1.32 bits per heavy atom. The van der Waals surface area contributed by atoms with Gasteiger partial charge in [-0.1, -0.05) is 11.6 Å². The number of carbonyl (C=O) groups excluding carboxylic acids is 2. The molecule has 2 aliphatic heterocycles. The lowest BCUT2D eigenvalue weighted by molar-refractivity contribution is -0.118. The molecular formula is C24H21ClFN3O4S. The summed E-state index contributed by atoms with van der Waals surface area (Å²) in [6.45, 7) is 5.03. The maximum Gasteiger partial charge on any atom is 0.262 e. The number of thiazole rings is 1.